The number of rotatable bonds is 8. The van der Waals surface area contributed by atoms with E-state index in [1.54, 1.807) is 6.07 Å². The highest BCUT2D eigenvalue weighted by Gasteiger charge is 2.20. The number of benzene rings is 2. The molecule has 2 aromatic carbocycles. The Balaban J connectivity index is 1.67. The second kappa shape index (κ2) is 11.0. The summed E-state index contributed by atoms with van der Waals surface area (Å²) in [6, 6.07) is 8.58. The van der Waals surface area contributed by atoms with E-state index in [0.29, 0.717) is 49.1 Å². The van der Waals surface area contributed by atoms with Crippen LogP contribution < -0.4 is 10.1 Å². The van der Waals surface area contributed by atoms with Crippen LogP contribution in [0.1, 0.15) is 31.3 Å². The first-order chi connectivity index (χ1) is 15.2. The smallest absolute Gasteiger partial charge is 0.234 e. The number of hydrogen-bond donors (Lipinski definition) is 1. The lowest BCUT2D eigenvalue weighted by atomic mass is 10.2. The molecule has 1 amide bonds. The minimum Gasteiger partial charge on any atom is -0.481 e. The van der Waals surface area contributed by atoms with Crippen molar-refractivity contribution in [2.75, 3.05) is 11.1 Å². The predicted octanol–water partition coefficient (Wildman–Crippen LogP) is 7.09. The van der Waals surface area contributed by atoms with Crippen LogP contribution >= 0.6 is 58.2 Å². The van der Waals surface area contributed by atoms with Gasteiger partial charge in [-0.3, -0.25) is 4.79 Å². The van der Waals surface area contributed by atoms with Gasteiger partial charge in [-0.15, -0.1) is 10.2 Å². The number of aromatic nitrogens is 3. The number of carbonyl (C=O) groups excluding carboxylic acids is 1. The Kier molecular flexibility index (Phi) is 8.58. The molecule has 0 aliphatic heterocycles. The normalized spacial score (nSPS) is 12.0. The number of ether oxygens (including phenoxy) is 1. The van der Waals surface area contributed by atoms with Gasteiger partial charge in [0.2, 0.25) is 5.91 Å². The number of aryl methyl sites for hydroxylation is 1. The maximum atomic E-state index is 12.4. The number of thioether (sulfide) groups is 1. The summed E-state index contributed by atoms with van der Waals surface area (Å²) in [6.07, 6.45) is -0.389. The van der Waals surface area contributed by atoms with Gasteiger partial charge in [0.15, 0.2) is 17.1 Å². The Morgan fingerprint density at radius 1 is 1.09 bits per heavy atom. The third-order valence-corrected chi connectivity index (χ3v) is 6.75. The van der Waals surface area contributed by atoms with E-state index in [0.717, 1.165) is 5.56 Å². The lowest BCUT2D eigenvalue weighted by Gasteiger charge is -2.17. The van der Waals surface area contributed by atoms with Crippen molar-refractivity contribution in [2.45, 2.75) is 38.6 Å². The van der Waals surface area contributed by atoms with Crippen LogP contribution in [0, 0.1) is 6.92 Å². The van der Waals surface area contributed by atoms with E-state index >= 15 is 0 Å². The van der Waals surface area contributed by atoms with Gasteiger partial charge in [0.05, 0.1) is 31.5 Å². The van der Waals surface area contributed by atoms with Crippen molar-refractivity contribution in [1.82, 2.24) is 14.8 Å². The summed E-state index contributed by atoms with van der Waals surface area (Å²) in [6.45, 7) is 6.43. The average Bonchev–Trinajstić information content (AvgIpc) is 3.16. The quantitative estimate of drug-likeness (QED) is 0.247. The van der Waals surface area contributed by atoms with Crippen molar-refractivity contribution in [2.24, 2.45) is 0 Å². The van der Waals surface area contributed by atoms with Crippen LogP contribution in [0.3, 0.4) is 0 Å². The molecule has 0 fully saturated rings. The first kappa shape index (κ1) is 25.0. The largest absolute Gasteiger partial charge is 0.481 e. The molecule has 0 bridgehead atoms. The van der Waals surface area contributed by atoms with Crippen molar-refractivity contribution >= 4 is 69.8 Å². The number of nitrogens with zero attached hydrogens (tertiary/aromatic N) is 3. The average molecular weight is 534 g/mol. The summed E-state index contributed by atoms with van der Waals surface area (Å²) >= 11 is 25.5. The van der Waals surface area contributed by atoms with Crippen molar-refractivity contribution in [1.29, 1.82) is 0 Å². The number of carbonyl (C=O) groups is 1. The molecule has 1 heterocycles. The first-order valence-electron chi connectivity index (χ1n) is 9.62. The Bertz CT molecular complexity index is 1140. The van der Waals surface area contributed by atoms with Crippen LogP contribution in [0.2, 0.25) is 20.1 Å². The van der Waals surface area contributed by atoms with E-state index in [1.165, 1.54) is 23.9 Å². The Morgan fingerprint density at radius 2 is 1.81 bits per heavy atom. The lowest BCUT2D eigenvalue weighted by molar-refractivity contribution is -0.113. The van der Waals surface area contributed by atoms with E-state index in [-0.39, 0.29) is 17.8 Å². The molecule has 0 aliphatic rings. The molecule has 1 aromatic heterocycles. The van der Waals surface area contributed by atoms with Crippen molar-refractivity contribution in [3.8, 4) is 5.75 Å². The predicted molar refractivity (Wildman–Crippen MR) is 132 cm³/mol. The van der Waals surface area contributed by atoms with Gasteiger partial charge < -0.3 is 14.6 Å². The molecule has 170 valence electrons. The van der Waals surface area contributed by atoms with Gasteiger partial charge in [-0.05, 0) is 50.6 Å². The minimum atomic E-state index is -0.389. The van der Waals surface area contributed by atoms with Gasteiger partial charge in [-0.1, -0.05) is 64.2 Å². The Labute approximate surface area is 210 Å². The second-order valence-electron chi connectivity index (χ2n) is 6.86. The fraction of sp³-hybridized carbons (Fsp3) is 0.286. The highest BCUT2D eigenvalue weighted by molar-refractivity contribution is 7.99. The van der Waals surface area contributed by atoms with Gasteiger partial charge >= 0.3 is 0 Å². The van der Waals surface area contributed by atoms with Crippen molar-refractivity contribution in [3.63, 3.8) is 0 Å². The zero-order valence-corrected chi connectivity index (χ0v) is 21.3. The second-order valence-corrected chi connectivity index (χ2v) is 9.43. The van der Waals surface area contributed by atoms with E-state index in [1.807, 2.05) is 37.5 Å². The molecule has 0 radical (unpaired) electrons. The number of nitrogens with one attached hydrogen (secondary N) is 1. The van der Waals surface area contributed by atoms with E-state index in [4.69, 9.17) is 51.1 Å². The highest BCUT2D eigenvalue weighted by Crippen LogP contribution is 2.33. The summed E-state index contributed by atoms with van der Waals surface area (Å²) in [5.41, 5.74) is 1.43. The summed E-state index contributed by atoms with van der Waals surface area (Å²) < 4.78 is 7.93. The lowest BCUT2D eigenvalue weighted by Crippen LogP contribution is -2.15. The van der Waals surface area contributed by atoms with Gasteiger partial charge in [0, 0.05) is 6.54 Å². The van der Waals surface area contributed by atoms with Gasteiger partial charge in [0.25, 0.3) is 0 Å². The van der Waals surface area contributed by atoms with Crippen LogP contribution in [0.15, 0.2) is 35.5 Å². The summed E-state index contributed by atoms with van der Waals surface area (Å²) in [5, 5.41) is 13.3. The van der Waals surface area contributed by atoms with Crippen LogP contribution in [0.5, 0.6) is 5.75 Å². The van der Waals surface area contributed by atoms with E-state index in [2.05, 4.69) is 15.5 Å². The molecule has 0 saturated carbocycles. The van der Waals surface area contributed by atoms with Gasteiger partial charge in [-0.25, -0.2) is 0 Å². The molecule has 3 aromatic rings. The molecular weight excluding hydrogens is 514 g/mol. The first-order valence-corrected chi connectivity index (χ1v) is 12.1. The SMILES string of the molecule is CCn1c(SCC(=O)Nc2cc(Cl)c(Cl)cc2Cl)nnc1C(C)Oc1cc(C)ccc1Cl. The fourth-order valence-corrected chi connectivity index (χ4v) is 4.45. The van der Waals surface area contributed by atoms with Crippen LogP contribution in [-0.4, -0.2) is 26.4 Å². The fourth-order valence-electron chi connectivity index (χ4n) is 2.88. The molecule has 0 aliphatic carbocycles. The molecule has 1 unspecified atom stereocenters. The third-order valence-electron chi connectivity index (χ3n) is 4.43. The molecule has 3 rings (SSSR count). The molecule has 11 heteroatoms. The topological polar surface area (TPSA) is 69.0 Å². The molecule has 1 N–H and O–H groups in total. The third kappa shape index (κ3) is 6.02. The zero-order valence-electron chi connectivity index (χ0n) is 17.5. The van der Waals surface area contributed by atoms with Crippen LogP contribution in [-0.2, 0) is 11.3 Å². The number of amides is 1. The van der Waals surface area contributed by atoms with Gasteiger partial charge in [-0.2, -0.15) is 0 Å². The Morgan fingerprint density at radius 3 is 2.53 bits per heavy atom. The van der Waals surface area contributed by atoms with Gasteiger partial charge in [0.1, 0.15) is 5.75 Å². The standard InChI is InChI=1S/C21H20Cl4N4O2S/c1-4-29-20(12(3)31-18-7-11(2)5-6-13(18)22)27-28-21(29)32-10-19(30)26-17-9-15(24)14(23)8-16(17)25/h5-9,12H,4,10H2,1-3H3,(H,26,30). The van der Waals surface area contributed by atoms with Crippen molar-refractivity contribution < 1.29 is 9.53 Å². The monoisotopic (exact) mass is 532 g/mol. The molecule has 0 spiro atoms. The summed E-state index contributed by atoms with van der Waals surface area (Å²) in [7, 11) is 0. The molecule has 6 nitrogen and oxygen atoms in total. The van der Waals surface area contributed by atoms with Crippen LogP contribution in [0.25, 0.3) is 0 Å². The number of anilines is 1. The minimum absolute atomic E-state index is 0.105. The summed E-state index contributed by atoms with van der Waals surface area (Å²) in [5.74, 6) is 1.06. The number of halogens is 4. The Hall–Kier alpha value is -1.64. The van der Waals surface area contributed by atoms with Crippen molar-refractivity contribution in [3.05, 3.63) is 61.8 Å². The number of hydrogen-bond acceptors (Lipinski definition) is 5. The molecule has 32 heavy (non-hydrogen) atoms. The maximum absolute atomic E-state index is 12.4. The summed E-state index contributed by atoms with van der Waals surface area (Å²) in [4.78, 5) is 12.4. The van der Waals surface area contributed by atoms with Crippen LogP contribution in [0.4, 0.5) is 5.69 Å². The van der Waals surface area contributed by atoms with E-state index < -0.39 is 0 Å². The highest BCUT2D eigenvalue weighted by atomic mass is 35.5. The molecule has 1 atom stereocenters. The zero-order chi connectivity index (χ0) is 23.4. The molecule has 0 saturated heterocycles. The van der Waals surface area contributed by atoms with E-state index in [9.17, 15) is 4.79 Å². The molecular formula is C21H20Cl4N4O2S. The maximum Gasteiger partial charge on any atom is 0.234 e.